The van der Waals surface area contributed by atoms with E-state index < -0.39 is 12.8 Å². The highest BCUT2D eigenvalue weighted by atomic mass is 127. The average Bonchev–Trinajstić information content (AvgIpc) is 2.52. The Bertz CT molecular complexity index is 561. The number of nitrogens with zero attached hydrogens (tertiary/aromatic N) is 2. The maximum atomic E-state index is 12.3. The highest BCUT2D eigenvalue weighted by Gasteiger charge is 2.28. The molecule has 1 aliphatic rings. The number of morpholine rings is 1. The van der Waals surface area contributed by atoms with Crippen molar-refractivity contribution in [2.45, 2.75) is 19.6 Å². The van der Waals surface area contributed by atoms with E-state index in [0.717, 1.165) is 5.56 Å². The molecule has 1 aromatic rings. The molecular weight excluding hydrogens is 438 g/mol. The van der Waals surface area contributed by atoms with E-state index in [1.807, 2.05) is 4.90 Å². The van der Waals surface area contributed by atoms with Gasteiger partial charge in [-0.3, -0.25) is 0 Å². The van der Waals surface area contributed by atoms with Gasteiger partial charge in [-0.2, -0.15) is 13.2 Å². The van der Waals surface area contributed by atoms with Gasteiger partial charge in [0.1, 0.15) is 5.75 Å². The molecule has 0 aliphatic carbocycles. The number of aryl methyl sites for hydroxylation is 1. The minimum absolute atomic E-state index is 0. The van der Waals surface area contributed by atoms with Crippen molar-refractivity contribution in [3.05, 3.63) is 29.3 Å². The van der Waals surface area contributed by atoms with Crippen LogP contribution in [0, 0.1) is 6.92 Å². The van der Waals surface area contributed by atoms with Gasteiger partial charge in [0.2, 0.25) is 0 Å². The van der Waals surface area contributed by atoms with E-state index in [2.05, 4.69) is 4.99 Å². The fourth-order valence-electron chi connectivity index (χ4n) is 2.14. The van der Waals surface area contributed by atoms with Gasteiger partial charge < -0.3 is 20.1 Å². The van der Waals surface area contributed by atoms with E-state index in [9.17, 15) is 13.2 Å². The summed E-state index contributed by atoms with van der Waals surface area (Å²) in [6.45, 7) is 3.10. The lowest BCUT2D eigenvalue weighted by molar-refractivity contribution is -0.153. The Labute approximate surface area is 156 Å². The zero-order chi connectivity index (χ0) is 16.9. The third-order valence-electron chi connectivity index (χ3n) is 3.36. The van der Waals surface area contributed by atoms with Crippen molar-refractivity contribution in [1.29, 1.82) is 0 Å². The summed E-state index contributed by atoms with van der Waals surface area (Å²) in [5.41, 5.74) is 7.30. The topological polar surface area (TPSA) is 60.1 Å². The fourth-order valence-corrected chi connectivity index (χ4v) is 2.14. The molecule has 1 saturated heterocycles. The second-order valence-corrected chi connectivity index (χ2v) is 5.29. The van der Waals surface area contributed by atoms with E-state index in [1.54, 1.807) is 25.1 Å². The predicted octanol–water partition coefficient (Wildman–Crippen LogP) is 2.70. The average molecular weight is 459 g/mol. The first-order valence-electron chi connectivity index (χ1n) is 7.27. The maximum Gasteiger partial charge on any atom is 0.422 e. The Morgan fingerprint density at radius 1 is 1.33 bits per heavy atom. The summed E-state index contributed by atoms with van der Waals surface area (Å²) in [7, 11) is 0. The Morgan fingerprint density at radius 2 is 2.00 bits per heavy atom. The number of guanidine groups is 1. The molecule has 9 heteroatoms. The molecule has 0 aromatic heterocycles. The standard InChI is InChI=1S/C15H20F3N3O2.HI/c1-11-2-3-12(13(8-11)23-10-15(16,17)18)9-20-14(19)21-4-6-22-7-5-21;/h2-3,8H,4-7,9-10H2,1H3,(H2,19,20);1H. The number of hydrogen-bond donors (Lipinski definition) is 1. The van der Waals surface area contributed by atoms with Crippen molar-refractivity contribution >= 4 is 29.9 Å². The summed E-state index contributed by atoms with van der Waals surface area (Å²) in [6, 6.07) is 5.08. The van der Waals surface area contributed by atoms with E-state index in [-0.39, 0.29) is 36.3 Å². The van der Waals surface area contributed by atoms with Crippen molar-refractivity contribution in [2.75, 3.05) is 32.9 Å². The molecule has 0 spiro atoms. The summed E-state index contributed by atoms with van der Waals surface area (Å²) in [4.78, 5) is 6.14. The Morgan fingerprint density at radius 3 is 2.62 bits per heavy atom. The largest absolute Gasteiger partial charge is 0.484 e. The van der Waals surface area contributed by atoms with Crippen molar-refractivity contribution < 1.29 is 22.6 Å². The van der Waals surface area contributed by atoms with E-state index in [1.165, 1.54) is 0 Å². The molecule has 1 fully saturated rings. The van der Waals surface area contributed by atoms with Crippen LogP contribution in [-0.2, 0) is 11.3 Å². The van der Waals surface area contributed by atoms with Crippen LogP contribution in [0.25, 0.3) is 0 Å². The fraction of sp³-hybridized carbons (Fsp3) is 0.533. The zero-order valence-electron chi connectivity index (χ0n) is 13.3. The van der Waals surface area contributed by atoms with Crippen LogP contribution in [0.1, 0.15) is 11.1 Å². The monoisotopic (exact) mass is 459 g/mol. The number of ether oxygens (including phenoxy) is 2. The van der Waals surface area contributed by atoms with Crippen LogP contribution >= 0.6 is 24.0 Å². The Balaban J connectivity index is 0.00000288. The van der Waals surface area contributed by atoms with E-state index in [4.69, 9.17) is 15.2 Å². The number of aliphatic imine (C=N–C) groups is 1. The van der Waals surface area contributed by atoms with E-state index in [0.29, 0.717) is 37.8 Å². The number of rotatable bonds is 4. The molecule has 0 atom stereocenters. The third kappa shape index (κ3) is 6.71. The van der Waals surface area contributed by atoms with Gasteiger partial charge >= 0.3 is 6.18 Å². The molecule has 2 rings (SSSR count). The van der Waals surface area contributed by atoms with Crippen LogP contribution in [0.15, 0.2) is 23.2 Å². The first-order valence-corrected chi connectivity index (χ1v) is 7.27. The van der Waals surface area contributed by atoms with Gasteiger partial charge in [0, 0.05) is 18.7 Å². The van der Waals surface area contributed by atoms with Crippen LogP contribution in [0.2, 0.25) is 0 Å². The predicted molar refractivity (Wildman–Crippen MR) is 95.9 cm³/mol. The molecular formula is C15H21F3IN3O2. The van der Waals surface area contributed by atoms with Gasteiger partial charge in [-0.05, 0) is 18.6 Å². The number of hydrogen-bond acceptors (Lipinski definition) is 3. The van der Waals surface area contributed by atoms with Crippen molar-refractivity contribution in [2.24, 2.45) is 10.7 Å². The van der Waals surface area contributed by atoms with Gasteiger partial charge in [-0.1, -0.05) is 12.1 Å². The van der Waals surface area contributed by atoms with Gasteiger partial charge in [-0.25, -0.2) is 4.99 Å². The SMILES string of the molecule is Cc1ccc(CN=C(N)N2CCOCC2)c(OCC(F)(F)F)c1.I. The number of nitrogens with two attached hydrogens (primary N) is 1. The molecule has 1 heterocycles. The lowest BCUT2D eigenvalue weighted by Gasteiger charge is -2.27. The van der Waals surface area contributed by atoms with Crippen LogP contribution in [-0.4, -0.2) is 49.9 Å². The molecule has 0 saturated carbocycles. The van der Waals surface area contributed by atoms with Crippen LogP contribution in [0.4, 0.5) is 13.2 Å². The lowest BCUT2D eigenvalue weighted by Crippen LogP contribution is -2.44. The first-order chi connectivity index (χ1) is 10.8. The summed E-state index contributed by atoms with van der Waals surface area (Å²) in [5.74, 6) is 0.538. The quantitative estimate of drug-likeness (QED) is 0.428. The van der Waals surface area contributed by atoms with Gasteiger partial charge in [0.15, 0.2) is 12.6 Å². The summed E-state index contributed by atoms with van der Waals surface area (Å²) in [6.07, 6.45) is -4.38. The van der Waals surface area contributed by atoms with Crippen LogP contribution in [0.5, 0.6) is 5.75 Å². The molecule has 5 nitrogen and oxygen atoms in total. The molecule has 0 unspecified atom stereocenters. The highest BCUT2D eigenvalue weighted by molar-refractivity contribution is 14.0. The molecule has 24 heavy (non-hydrogen) atoms. The highest BCUT2D eigenvalue weighted by Crippen LogP contribution is 2.24. The number of alkyl halides is 3. The molecule has 1 aliphatic heterocycles. The van der Waals surface area contributed by atoms with Crippen molar-refractivity contribution in [3.63, 3.8) is 0 Å². The smallest absolute Gasteiger partial charge is 0.422 e. The Hall–Kier alpha value is -1.23. The van der Waals surface area contributed by atoms with Crippen LogP contribution < -0.4 is 10.5 Å². The number of halogens is 4. The lowest BCUT2D eigenvalue weighted by atomic mass is 10.1. The Kier molecular flexibility index (Phi) is 8.07. The van der Waals surface area contributed by atoms with Crippen LogP contribution in [0.3, 0.4) is 0 Å². The molecule has 0 radical (unpaired) electrons. The third-order valence-corrected chi connectivity index (χ3v) is 3.36. The minimum Gasteiger partial charge on any atom is -0.484 e. The second kappa shape index (κ2) is 9.30. The van der Waals surface area contributed by atoms with Gasteiger partial charge in [-0.15, -0.1) is 24.0 Å². The minimum atomic E-state index is -4.38. The number of benzene rings is 1. The van der Waals surface area contributed by atoms with Gasteiger partial charge in [0.05, 0.1) is 19.8 Å². The molecule has 0 bridgehead atoms. The molecule has 0 amide bonds. The second-order valence-electron chi connectivity index (χ2n) is 5.29. The molecule has 136 valence electrons. The van der Waals surface area contributed by atoms with Crippen molar-refractivity contribution in [1.82, 2.24) is 4.90 Å². The summed E-state index contributed by atoms with van der Waals surface area (Å²) >= 11 is 0. The first kappa shape index (κ1) is 20.8. The zero-order valence-corrected chi connectivity index (χ0v) is 15.6. The molecule has 1 aromatic carbocycles. The van der Waals surface area contributed by atoms with Gasteiger partial charge in [0.25, 0.3) is 0 Å². The normalized spacial score (nSPS) is 15.8. The summed E-state index contributed by atoms with van der Waals surface area (Å²) < 4.78 is 47.1. The van der Waals surface area contributed by atoms with Crippen molar-refractivity contribution in [3.8, 4) is 5.75 Å². The maximum absolute atomic E-state index is 12.3. The molecule has 2 N–H and O–H groups in total. The summed E-state index contributed by atoms with van der Waals surface area (Å²) in [5, 5.41) is 0. The van der Waals surface area contributed by atoms with E-state index >= 15 is 0 Å².